The lowest BCUT2D eigenvalue weighted by Gasteiger charge is -2.36. The lowest BCUT2D eigenvalue weighted by atomic mass is 10.1. The Morgan fingerprint density at radius 2 is 1.93 bits per heavy atom. The van der Waals surface area contributed by atoms with Crippen molar-refractivity contribution in [1.82, 2.24) is 24.9 Å². The van der Waals surface area contributed by atoms with Gasteiger partial charge in [-0.15, -0.1) is 0 Å². The van der Waals surface area contributed by atoms with Crippen LogP contribution in [0.3, 0.4) is 0 Å². The molecule has 0 spiro atoms. The van der Waals surface area contributed by atoms with Crippen LogP contribution in [0.2, 0.25) is 0 Å². The molecule has 0 amide bonds. The minimum atomic E-state index is -0.580. The number of halogens is 2. The Kier molecular flexibility index (Phi) is 5.31. The first-order valence-corrected chi connectivity index (χ1v) is 9.53. The summed E-state index contributed by atoms with van der Waals surface area (Å²) in [7, 11) is 3.09. The molecule has 144 valence electrons. The topological polar surface area (TPSA) is 86.2 Å². The maximum Gasteiger partial charge on any atom is 0.232 e. The predicted octanol–water partition coefficient (Wildman–Crippen LogP) is 2.79. The molecule has 1 aliphatic rings. The number of anilines is 1. The number of pyridine rings is 1. The number of ether oxygens (including phenoxy) is 2. The zero-order chi connectivity index (χ0) is 19.7. The fraction of sp³-hybridized carbons (Fsp3) is 0.278. The number of rotatable bonds is 4. The highest BCUT2D eigenvalue weighted by Crippen LogP contribution is 2.35. The molecule has 0 fully saturated rings. The standard InChI is InChI=1S/C18H16FIN6O2/c1-27-12-8-13(25-15(19)14(12)20)26-7-4-11-10(18(26)28-2)9-23-17(24-11)16-21-5-3-6-22-16/h3,5-6,8-9,18H,4,7H2,1-2H3. The van der Waals surface area contributed by atoms with Crippen LogP contribution in [0.5, 0.6) is 5.75 Å². The molecule has 1 atom stereocenters. The van der Waals surface area contributed by atoms with E-state index in [0.717, 1.165) is 11.3 Å². The van der Waals surface area contributed by atoms with Gasteiger partial charge in [-0.1, -0.05) is 0 Å². The van der Waals surface area contributed by atoms with Crippen molar-refractivity contribution in [3.05, 3.63) is 51.5 Å². The molecular formula is C18H16FIN6O2. The number of hydrogen-bond donors (Lipinski definition) is 0. The highest BCUT2D eigenvalue weighted by Gasteiger charge is 2.31. The Morgan fingerprint density at radius 1 is 1.14 bits per heavy atom. The van der Waals surface area contributed by atoms with Crippen molar-refractivity contribution < 1.29 is 13.9 Å². The van der Waals surface area contributed by atoms with Gasteiger partial charge in [0.1, 0.15) is 15.1 Å². The zero-order valence-corrected chi connectivity index (χ0v) is 17.3. The van der Waals surface area contributed by atoms with Crippen LogP contribution in [0, 0.1) is 9.52 Å². The van der Waals surface area contributed by atoms with Crippen LogP contribution in [0.25, 0.3) is 11.6 Å². The molecule has 0 saturated carbocycles. The van der Waals surface area contributed by atoms with Crippen molar-refractivity contribution in [3.63, 3.8) is 0 Å². The van der Waals surface area contributed by atoms with Gasteiger partial charge in [-0.2, -0.15) is 4.39 Å². The molecule has 0 radical (unpaired) electrons. The molecule has 3 aromatic heterocycles. The van der Waals surface area contributed by atoms with Gasteiger partial charge in [0.05, 0.1) is 12.8 Å². The maximum absolute atomic E-state index is 14.2. The lowest BCUT2D eigenvalue weighted by Crippen LogP contribution is -2.38. The highest BCUT2D eigenvalue weighted by molar-refractivity contribution is 14.1. The number of methoxy groups -OCH3 is 2. The molecule has 3 aromatic rings. The van der Waals surface area contributed by atoms with E-state index in [9.17, 15) is 4.39 Å². The second kappa shape index (κ2) is 7.87. The quantitative estimate of drug-likeness (QED) is 0.405. The number of nitrogens with zero attached hydrogens (tertiary/aromatic N) is 6. The average molecular weight is 494 g/mol. The van der Waals surface area contributed by atoms with E-state index in [-0.39, 0.29) is 0 Å². The fourth-order valence-electron chi connectivity index (χ4n) is 3.12. The molecule has 1 unspecified atom stereocenters. The molecule has 1 aliphatic heterocycles. The summed E-state index contributed by atoms with van der Waals surface area (Å²) in [4.78, 5) is 23.3. The summed E-state index contributed by atoms with van der Waals surface area (Å²) in [5.74, 6) is 1.21. The third kappa shape index (κ3) is 3.37. The van der Waals surface area contributed by atoms with E-state index in [1.807, 2.05) is 27.5 Å². The maximum atomic E-state index is 14.2. The van der Waals surface area contributed by atoms with Gasteiger partial charge in [0, 0.05) is 50.3 Å². The molecule has 0 aliphatic carbocycles. The van der Waals surface area contributed by atoms with E-state index in [1.165, 1.54) is 7.11 Å². The van der Waals surface area contributed by atoms with Crippen molar-refractivity contribution in [1.29, 1.82) is 0 Å². The second-order valence-electron chi connectivity index (χ2n) is 5.99. The van der Waals surface area contributed by atoms with Crippen LogP contribution in [0.4, 0.5) is 10.2 Å². The van der Waals surface area contributed by atoms with Gasteiger partial charge >= 0.3 is 0 Å². The van der Waals surface area contributed by atoms with Crippen LogP contribution in [-0.4, -0.2) is 45.7 Å². The molecule has 0 aromatic carbocycles. The summed E-state index contributed by atoms with van der Waals surface area (Å²) < 4.78 is 25.5. The average Bonchev–Trinajstić information content (AvgIpc) is 2.75. The molecule has 0 N–H and O–H groups in total. The molecule has 8 nitrogen and oxygen atoms in total. The van der Waals surface area contributed by atoms with Crippen molar-refractivity contribution >= 4 is 28.4 Å². The second-order valence-corrected chi connectivity index (χ2v) is 7.07. The van der Waals surface area contributed by atoms with E-state index in [2.05, 4.69) is 24.9 Å². The lowest BCUT2D eigenvalue weighted by molar-refractivity contribution is 0.0925. The zero-order valence-electron chi connectivity index (χ0n) is 15.1. The van der Waals surface area contributed by atoms with Gasteiger partial charge in [-0.05, 0) is 28.7 Å². The monoisotopic (exact) mass is 494 g/mol. The van der Waals surface area contributed by atoms with Gasteiger partial charge in [0.2, 0.25) is 5.95 Å². The van der Waals surface area contributed by atoms with E-state index in [0.29, 0.717) is 39.8 Å². The Balaban J connectivity index is 1.71. The largest absolute Gasteiger partial charge is 0.495 e. The summed E-state index contributed by atoms with van der Waals surface area (Å²) in [5, 5.41) is 0. The van der Waals surface area contributed by atoms with Crippen molar-refractivity contribution in [2.75, 3.05) is 25.7 Å². The summed E-state index contributed by atoms with van der Waals surface area (Å²) in [5.41, 5.74) is 1.65. The van der Waals surface area contributed by atoms with E-state index >= 15 is 0 Å². The first-order valence-electron chi connectivity index (χ1n) is 8.45. The molecule has 0 saturated heterocycles. The van der Waals surface area contributed by atoms with Gasteiger partial charge in [0.15, 0.2) is 17.9 Å². The minimum Gasteiger partial charge on any atom is -0.495 e. The number of aromatic nitrogens is 5. The highest BCUT2D eigenvalue weighted by atomic mass is 127. The van der Waals surface area contributed by atoms with E-state index in [1.54, 1.807) is 37.8 Å². The summed E-state index contributed by atoms with van der Waals surface area (Å²) >= 11 is 1.87. The van der Waals surface area contributed by atoms with Gasteiger partial charge in [-0.25, -0.2) is 24.9 Å². The van der Waals surface area contributed by atoms with Crippen LogP contribution < -0.4 is 9.64 Å². The Labute approximate surface area is 174 Å². The van der Waals surface area contributed by atoms with Crippen LogP contribution >= 0.6 is 22.6 Å². The minimum absolute atomic E-state index is 0.339. The summed E-state index contributed by atoms with van der Waals surface area (Å²) in [6, 6.07) is 3.44. The van der Waals surface area contributed by atoms with Crippen molar-refractivity contribution in [2.45, 2.75) is 12.6 Å². The van der Waals surface area contributed by atoms with Gasteiger partial charge < -0.3 is 14.4 Å². The Bertz CT molecular complexity index is 1010. The van der Waals surface area contributed by atoms with Crippen LogP contribution in [-0.2, 0) is 11.2 Å². The molecular weight excluding hydrogens is 478 g/mol. The molecule has 0 bridgehead atoms. The van der Waals surface area contributed by atoms with E-state index < -0.39 is 12.2 Å². The van der Waals surface area contributed by atoms with Crippen LogP contribution in [0.15, 0.2) is 30.7 Å². The van der Waals surface area contributed by atoms with E-state index in [4.69, 9.17) is 9.47 Å². The van der Waals surface area contributed by atoms with Crippen molar-refractivity contribution in [3.8, 4) is 17.4 Å². The normalized spacial score (nSPS) is 16.0. The summed E-state index contributed by atoms with van der Waals surface area (Å²) in [6.45, 7) is 0.549. The third-order valence-corrected chi connectivity index (χ3v) is 5.39. The molecule has 28 heavy (non-hydrogen) atoms. The first kappa shape index (κ1) is 18.9. The predicted molar refractivity (Wildman–Crippen MR) is 107 cm³/mol. The Morgan fingerprint density at radius 3 is 2.64 bits per heavy atom. The SMILES string of the molecule is COc1cc(N2CCc3nc(-c4ncccn4)ncc3C2OC)nc(F)c1I. The van der Waals surface area contributed by atoms with Gasteiger partial charge in [-0.3, -0.25) is 0 Å². The summed E-state index contributed by atoms with van der Waals surface area (Å²) in [6.07, 6.45) is 5.12. The third-order valence-electron chi connectivity index (χ3n) is 4.41. The fourth-order valence-corrected chi connectivity index (χ4v) is 3.61. The first-order chi connectivity index (χ1) is 13.6. The molecule has 4 rings (SSSR count). The number of hydrogen-bond acceptors (Lipinski definition) is 8. The Hall–Kier alpha value is -2.47. The molecule has 10 heteroatoms. The van der Waals surface area contributed by atoms with Gasteiger partial charge in [0.25, 0.3) is 0 Å². The smallest absolute Gasteiger partial charge is 0.232 e. The van der Waals surface area contributed by atoms with Crippen LogP contribution in [0.1, 0.15) is 17.5 Å². The molecule has 4 heterocycles. The number of fused-ring (bicyclic) bond motifs is 1. The van der Waals surface area contributed by atoms with Crippen molar-refractivity contribution in [2.24, 2.45) is 0 Å².